The fraction of sp³-hybridized carbons (Fsp3) is 0.333. The molecule has 0 heterocycles. The summed E-state index contributed by atoms with van der Waals surface area (Å²) < 4.78 is 0. The SMILES string of the molecule is CC#CCNC(CN)c1cccc(Cl)c1. The van der Waals surface area contributed by atoms with Crippen LogP contribution in [0.15, 0.2) is 24.3 Å². The molecule has 0 aliphatic carbocycles. The number of hydrogen-bond acceptors (Lipinski definition) is 2. The predicted molar refractivity (Wildman–Crippen MR) is 64.7 cm³/mol. The number of benzene rings is 1. The summed E-state index contributed by atoms with van der Waals surface area (Å²) in [6, 6.07) is 7.82. The maximum atomic E-state index is 5.91. The number of nitrogens with one attached hydrogen (secondary N) is 1. The molecule has 0 fully saturated rings. The Bertz CT molecular complexity index is 365. The molecule has 0 amide bonds. The molecule has 80 valence electrons. The van der Waals surface area contributed by atoms with Crippen LogP contribution in [0.2, 0.25) is 5.02 Å². The lowest BCUT2D eigenvalue weighted by atomic mass is 10.1. The first kappa shape index (κ1) is 12.1. The van der Waals surface area contributed by atoms with Crippen molar-refractivity contribution in [2.75, 3.05) is 13.1 Å². The van der Waals surface area contributed by atoms with Crippen LogP contribution in [0.25, 0.3) is 0 Å². The summed E-state index contributed by atoms with van der Waals surface area (Å²) in [4.78, 5) is 0. The minimum absolute atomic E-state index is 0.115. The highest BCUT2D eigenvalue weighted by Gasteiger charge is 2.07. The Balaban J connectivity index is 2.68. The van der Waals surface area contributed by atoms with Crippen LogP contribution in [0.3, 0.4) is 0 Å². The van der Waals surface area contributed by atoms with Gasteiger partial charge in [-0.1, -0.05) is 29.7 Å². The van der Waals surface area contributed by atoms with Gasteiger partial charge in [-0.05, 0) is 24.6 Å². The van der Waals surface area contributed by atoms with E-state index < -0.39 is 0 Å². The van der Waals surface area contributed by atoms with Crippen molar-refractivity contribution in [3.05, 3.63) is 34.9 Å². The van der Waals surface area contributed by atoms with E-state index in [-0.39, 0.29) is 6.04 Å². The zero-order chi connectivity index (χ0) is 11.1. The Kier molecular flexibility index (Phi) is 5.20. The topological polar surface area (TPSA) is 38.0 Å². The van der Waals surface area contributed by atoms with E-state index in [0.717, 1.165) is 10.6 Å². The van der Waals surface area contributed by atoms with Gasteiger partial charge in [0, 0.05) is 17.6 Å². The first-order chi connectivity index (χ1) is 7.27. The van der Waals surface area contributed by atoms with Gasteiger partial charge in [-0.25, -0.2) is 0 Å². The summed E-state index contributed by atoms with van der Waals surface area (Å²) in [6.07, 6.45) is 0. The molecule has 1 aromatic carbocycles. The molecule has 3 N–H and O–H groups in total. The molecular formula is C12H15ClN2. The standard InChI is InChI=1S/C12H15ClN2/c1-2-3-7-15-12(9-14)10-5-4-6-11(13)8-10/h4-6,8,12,15H,7,9,14H2,1H3. The summed E-state index contributed by atoms with van der Waals surface area (Å²) in [5.74, 6) is 5.78. The summed E-state index contributed by atoms with van der Waals surface area (Å²) in [7, 11) is 0. The molecule has 1 unspecified atom stereocenters. The largest absolute Gasteiger partial charge is 0.329 e. The molecular weight excluding hydrogens is 208 g/mol. The second-order valence-corrected chi connectivity index (χ2v) is 3.59. The lowest BCUT2D eigenvalue weighted by Crippen LogP contribution is -2.28. The van der Waals surface area contributed by atoms with Crippen LogP contribution in [0, 0.1) is 11.8 Å². The average Bonchev–Trinajstić information content (AvgIpc) is 2.24. The van der Waals surface area contributed by atoms with E-state index >= 15 is 0 Å². The first-order valence-corrected chi connectivity index (χ1v) is 5.24. The molecule has 3 heteroatoms. The highest BCUT2D eigenvalue weighted by molar-refractivity contribution is 6.30. The molecule has 2 nitrogen and oxygen atoms in total. The fourth-order valence-corrected chi connectivity index (χ4v) is 1.52. The van der Waals surface area contributed by atoms with E-state index in [0.29, 0.717) is 13.1 Å². The zero-order valence-electron chi connectivity index (χ0n) is 8.76. The van der Waals surface area contributed by atoms with Crippen LogP contribution in [-0.4, -0.2) is 13.1 Å². The van der Waals surface area contributed by atoms with Gasteiger partial charge in [0.1, 0.15) is 0 Å². The van der Waals surface area contributed by atoms with Gasteiger partial charge in [0.2, 0.25) is 0 Å². The average molecular weight is 223 g/mol. The van der Waals surface area contributed by atoms with E-state index in [9.17, 15) is 0 Å². The second kappa shape index (κ2) is 6.47. The summed E-state index contributed by atoms with van der Waals surface area (Å²) in [5.41, 5.74) is 6.78. The third-order valence-corrected chi connectivity index (χ3v) is 2.34. The molecule has 0 saturated heterocycles. The second-order valence-electron chi connectivity index (χ2n) is 3.15. The smallest absolute Gasteiger partial charge is 0.0581 e. The van der Waals surface area contributed by atoms with Crippen molar-refractivity contribution in [2.45, 2.75) is 13.0 Å². The van der Waals surface area contributed by atoms with Gasteiger partial charge < -0.3 is 5.73 Å². The number of nitrogens with two attached hydrogens (primary N) is 1. The van der Waals surface area contributed by atoms with Crippen LogP contribution in [0.1, 0.15) is 18.5 Å². The van der Waals surface area contributed by atoms with Crippen LogP contribution >= 0.6 is 11.6 Å². The Morgan fingerprint density at radius 3 is 2.93 bits per heavy atom. The van der Waals surface area contributed by atoms with Crippen molar-refractivity contribution in [1.82, 2.24) is 5.32 Å². The molecule has 15 heavy (non-hydrogen) atoms. The molecule has 0 aliphatic heterocycles. The Hall–Kier alpha value is -1.01. The highest BCUT2D eigenvalue weighted by Crippen LogP contribution is 2.16. The van der Waals surface area contributed by atoms with Crippen molar-refractivity contribution >= 4 is 11.6 Å². The number of halogens is 1. The number of rotatable bonds is 4. The van der Waals surface area contributed by atoms with E-state index in [1.54, 1.807) is 0 Å². The number of hydrogen-bond donors (Lipinski definition) is 2. The fourth-order valence-electron chi connectivity index (χ4n) is 1.32. The first-order valence-electron chi connectivity index (χ1n) is 4.86. The lowest BCUT2D eigenvalue weighted by Gasteiger charge is -2.15. The molecule has 0 saturated carbocycles. The highest BCUT2D eigenvalue weighted by atomic mass is 35.5. The van der Waals surface area contributed by atoms with Crippen LogP contribution in [0.5, 0.6) is 0 Å². The molecule has 1 aromatic rings. The zero-order valence-corrected chi connectivity index (χ0v) is 9.51. The maximum Gasteiger partial charge on any atom is 0.0581 e. The van der Waals surface area contributed by atoms with Crippen LogP contribution in [-0.2, 0) is 0 Å². The van der Waals surface area contributed by atoms with Crippen molar-refractivity contribution in [2.24, 2.45) is 5.73 Å². The maximum absolute atomic E-state index is 5.91. The molecule has 0 spiro atoms. The Labute approximate surface area is 95.8 Å². The molecule has 1 rings (SSSR count). The van der Waals surface area contributed by atoms with Gasteiger partial charge in [-0.15, -0.1) is 5.92 Å². The predicted octanol–water partition coefficient (Wildman–Crippen LogP) is 1.95. The van der Waals surface area contributed by atoms with Crippen LogP contribution in [0.4, 0.5) is 0 Å². The summed E-state index contributed by atoms with van der Waals surface area (Å²) in [5, 5.41) is 3.99. The molecule has 0 radical (unpaired) electrons. The third kappa shape index (κ3) is 3.93. The van der Waals surface area contributed by atoms with Gasteiger partial charge in [0.25, 0.3) is 0 Å². The Morgan fingerprint density at radius 2 is 2.33 bits per heavy atom. The van der Waals surface area contributed by atoms with Crippen LogP contribution < -0.4 is 11.1 Å². The quantitative estimate of drug-likeness (QED) is 0.765. The summed E-state index contributed by atoms with van der Waals surface area (Å²) >= 11 is 5.91. The van der Waals surface area contributed by atoms with Gasteiger partial charge in [-0.2, -0.15) is 0 Å². The van der Waals surface area contributed by atoms with E-state index in [2.05, 4.69) is 17.2 Å². The monoisotopic (exact) mass is 222 g/mol. The summed E-state index contributed by atoms with van der Waals surface area (Å²) in [6.45, 7) is 3.00. The van der Waals surface area contributed by atoms with Crippen molar-refractivity contribution < 1.29 is 0 Å². The van der Waals surface area contributed by atoms with E-state index in [4.69, 9.17) is 17.3 Å². The normalized spacial score (nSPS) is 11.7. The lowest BCUT2D eigenvalue weighted by molar-refractivity contribution is 0.582. The molecule has 1 atom stereocenters. The minimum Gasteiger partial charge on any atom is -0.329 e. The van der Waals surface area contributed by atoms with Gasteiger partial charge in [0.05, 0.1) is 6.54 Å². The van der Waals surface area contributed by atoms with E-state index in [1.165, 1.54) is 0 Å². The Morgan fingerprint density at radius 1 is 1.53 bits per heavy atom. The third-order valence-electron chi connectivity index (χ3n) is 2.10. The van der Waals surface area contributed by atoms with E-state index in [1.807, 2.05) is 31.2 Å². The van der Waals surface area contributed by atoms with Crippen molar-refractivity contribution in [3.8, 4) is 11.8 Å². The van der Waals surface area contributed by atoms with Gasteiger partial charge in [-0.3, -0.25) is 5.32 Å². The molecule has 0 aliphatic rings. The van der Waals surface area contributed by atoms with Crippen molar-refractivity contribution in [3.63, 3.8) is 0 Å². The molecule has 0 bridgehead atoms. The minimum atomic E-state index is 0.115. The van der Waals surface area contributed by atoms with Gasteiger partial charge in [0.15, 0.2) is 0 Å². The van der Waals surface area contributed by atoms with Gasteiger partial charge >= 0.3 is 0 Å². The molecule has 0 aromatic heterocycles. The van der Waals surface area contributed by atoms with Crippen molar-refractivity contribution in [1.29, 1.82) is 0 Å².